The smallest absolute Gasteiger partial charge is 0.415 e. The van der Waals surface area contributed by atoms with Crippen molar-refractivity contribution in [3.05, 3.63) is 59.8 Å². The Balaban J connectivity index is 2.00. The topological polar surface area (TPSA) is 46.6 Å². The molecule has 0 N–H and O–H groups in total. The molecule has 1 aliphatic heterocycles. The van der Waals surface area contributed by atoms with Gasteiger partial charge in [0.15, 0.2) is 0 Å². The highest BCUT2D eigenvalue weighted by Crippen LogP contribution is 2.14. The van der Waals surface area contributed by atoms with E-state index >= 15 is 0 Å². The van der Waals surface area contributed by atoms with Crippen molar-refractivity contribution in [2.75, 3.05) is 6.54 Å². The van der Waals surface area contributed by atoms with E-state index in [1.165, 1.54) is 11.0 Å². The van der Waals surface area contributed by atoms with Gasteiger partial charge in [0.1, 0.15) is 6.61 Å². The van der Waals surface area contributed by atoms with E-state index in [2.05, 4.69) is 0 Å². The number of rotatable bonds is 2. The van der Waals surface area contributed by atoms with Crippen molar-refractivity contribution in [3.8, 4) is 0 Å². The number of hydrogen-bond acceptors (Lipinski definition) is 3. The number of allylic oxidation sites excluding steroid dienone is 2. The highest BCUT2D eigenvalue weighted by Gasteiger charge is 2.24. The molecule has 1 aliphatic rings. The molecule has 1 aromatic carbocycles. The highest BCUT2D eigenvalue weighted by molar-refractivity contribution is 6.06. The monoisotopic (exact) mass is 257 g/mol. The fourth-order valence-electron chi connectivity index (χ4n) is 1.85. The third-order valence-corrected chi connectivity index (χ3v) is 2.80. The maximum absolute atomic E-state index is 12.0. The van der Waals surface area contributed by atoms with Gasteiger partial charge < -0.3 is 4.74 Å². The minimum atomic E-state index is -0.505. The number of nitrogens with zero attached hydrogens (tertiary/aromatic N) is 1. The molecular formula is C15H15NO3. The Labute approximate surface area is 112 Å². The number of ether oxygens (including phenoxy) is 1. The van der Waals surface area contributed by atoms with Gasteiger partial charge in [-0.15, -0.1) is 0 Å². The second-order valence-corrected chi connectivity index (χ2v) is 4.09. The molecular weight excluding hydrogens is 242 g/mol. The lowest BCUT2D eigenvalue weighted by molar-refractivity contribution is -0.113. The summed E-state index contributed by atoms with van der Waals surface area (Å²) in [7, 11) is 0. The molecule has 0 atom stereocenters. The number of amides is 1. The Morgan fingerprint density at radius 1 is 1.37 bits per heavy atom. The quantitative estimate of drug-likeness (QED) is 0.765. The summed E-state index contributed by atoms with van der Waals surface area (Å²) in [5.74, 6) is -0.176. The predicted molar refractivity (Wildman–Crippen MR) is 71.2 cm³/mol. The summed E-state index contributed by atoms with van der Waals surface area (Å²) in [6.07, 6.45) is 4.24. The normalized spacial score (nSPS) is 16.8. The third-order valence-electron chi connectivity index (χ3n) is 2.80. The lowest BCUT2D eigenvalue weighted by Gasteiger charge is -2.24. The molecule has 0 radical (unpaired) electrons. The first-order valence-corrected chi connectivity index (χ1v) is 6.08. The van der Waals surface area contributed by atoms with Crippen molar-refractivity contribution in [3.63, 3.8) is 0 Å². The minimum Gasteiger partial charge on any atom is -0.444 e. The minimum absolute atomic E-state index is 0.176. The van der Waals surface area contributed by atoms with E-state index in [1.54, 1.807) is 19.1 Å². The van der Waals surface area contributed by atoms with E-state index in [9.17, 15) is 9.59 Å². The molecule has 4 nitrogen and oxygen atoms in total. The third kappa shape index (κ3) is 3.10. The van der Waals surface area contributed by atoms with Crippen LogP contribution in [-0.2, 0) is 16.1 Å². The summed E-state index contributed by atoms with van der Waals surface area (Å²) in [5.41, 5.74) is 1.28. The van der Waals surface area contributed by atoms with Crippen LogP contribution in [-0.4, -0.2) is 23.3 Å². The zero-order valence-corrected chi connectivity index (χ0v) is 10.7. The molecule has 0 fully saturated rings. The van der Waals surface area contributed by atoms with E-state index < -0.39 is 6.09 Å². The summed E-state index contributed by atoms with van der Waals surface area (Å²) in [6, 6.07) is 9.43. The fourth-order valence-corrected chi connectivity index (χ4v) is 1.85. The molecule has 2 rings (SSSR count). The first kappa shape index (κ1) is 13.1. The maximum Gasteiger partial charge on any atom is 0.415 e. The van der Waals surface area contributed by atoms with Crippen molar-refractivity contribution in [2.24, 2.45) is 0 Å². The van der Waals surface area contributed by atoms with Crippen LogP contribution in [0.15, 0.2) is 54.3 Å². The van der Waals surface area contributed by atoms with Crippen LogP contribution >= 0.6 is 0 Å². The molecule has 4 heteroatoms. The van der Waals surface area contributed by atoms with E-state index in [0.717, 1.165) is 5.56 Å². The number of benzene rings is 1. The second kappa shape index (κ2) is 6.00. The van der Waals surface area contributed by atoms with E-state index in [-0.39, 0.29) is 12.4 Å². The SMILES string of the molecule is C/C=C1/C(=O)C=CCN1C(=O)OCc1ccccc1. The van der Waals surface area contributed by atoms with Crippen LogP contribution in [0, 0.1) is 0 Å². The lowest BCUT2D eigenvalue weighted by Crippen LogP contribution is -2.36. The first-order valence-electron chi connectivity index (χ1n) is 6.08. The summed E-state index contributed by atoms with van der Waals surface area (Å²) >= 11 is 0. The average Bonchev–Trinajstić information content (AvgIpc) is 2.45. The van der Waals surface area contributed by atoms with Crippen LogP contribution in [0.5, 0.6) is 0 Å². The zero-order chi connectivity index (χ0) is 13.7. The summed E-state index contributed by atoms with van der Waals surface area (Å²) in [6.45, 7) is 2.29. The van der Waals surface area contributed by atoms with Crippen LogP contribution in [0.3, 0.4) is 0 Å². The molecule has 19 heavy (non-hydrogen) atoms. The van der Waals surface area contributed by atoms with Crippen LogP contribution < -0.4 is 0 Å². The molecule has 1 amide bonds. The lowest BCUT2D eigenvalue weighted by atomic mass is 10.1. The zero-order valence-electron chi connectivity index (χ0n) is 10.7. The number of hydrogen-bond donors (Lipinski definition) is 0. The van der Waals surface area contributed by atoms with Crippen molar-refractivity contribution >= 4 is 11.9 Å². The van der Waals surface area contributed by atoms with Gasteiger partial charge in [-0.05, 0) is 18.6 Å². The molecule has 1 aromatic rings. The molecule has 1 heterocycles. The van der Waals surface area contributed by atoms with E-state index in [1.807, 2.05) is 30.3 Å². The van der Waals surface area contributed by atoms with Crippen molar-refractivity contribution in [2.45, 2.75) is 13.5 Å². The molecule has 0 spiro atoms. The number of carbonyl (C=O) groups excluding carboxylic acids is 2. The van der Waals surface area contributed by atoms with Crippen LogP contribution in [0.4, 0.5) is 4.79 Å². The largest absolute Gasteiger partial charge is 0.444 e. The average molecular weight is 257 g/mol. The standard InChI is InChI=1S/C15H15NO3/c1-2-13-14(17)9-6-10-16(13)15(18)19-11-12-7-4-3-5-8-12/h2-9H,10-11H2,1H3/b13-2-. The van der Waals surface area contributed by atoms with E-state index in [4.69, 9.17) is 4.74 Å². The van der Waals surface area contributed by atoms with Gasteiger partial charge >= 0.3 is 6.09 Å². The van der Waals surface area contributed by atoms with Gasteiger partial charge in [0.2, 0.25) is 5.78 Å². The molecule has 0 aromatic heterocycles. The van der Waals surface area contributed by atoms with Gasteiger partial charge in [0.05, 0.1) is 5.70 Å². The Morgan fingerprint density at radius 3 is 2.79 bits per heavy atom. The van der Waals surface area contributed by atoms with Crippen LogP contribution in [0.25, 0.3) is 0 Å². The Kier molecular flexibility index (Phi) is 4.13. The summed E-state index contributed by atoms with van der Waals surface area (Å²) in [4.78, 5) is 24.9. The second-order valence-electron chi connectivity index (χ2n) is 4.09. The van der Waals surface area contributed by atoms with Crippen LogP contribution in [0.1, 0.15) is 12.5 Å². The Bertz CT molecular complexity index is 532. The first-order chi connectivity index (χ1) is 9.22. The van der Waals surface area contributed by atoms with Gasteiger partial charge in [-0.2, -0.15) is 0 Å². The van der Waals surface area contributed by atoms with E-state index in [0.29, 0.717) is 12.2 Å². The molecule has 0 saturated carbocycles. The molecule has 0 saturated heterocycles. The van der Waals surface area contributed by atoms with Gasteiger partial charge in [0, 0.05) is 6.54 Å². The van der Waals surface area contributed by atoms with Gasteiger partial charge in [-0.1, -0.05) is 42.5 Å². The number of ketones is 1. The van der Waals surface area contributed by atoms with Gasteiger partial charge in [-0.25, -0.2) is 4.79 Å². The molecule has 0 unspecified atom stereocenters. The van der Waals surface area contributed by atoms with Crippen LogP contribution in [0.2, 0.25) is 0 Å². The van der Waals surface area contributed by atoms with Crippen molar-refractivity contribution in [1.82, 2.24) is 4.90 Å². The van der Waals surface area contributed by atoms with Gasteiger partial charge in [0.25, 0.3) is 0 Å². The molecule has 0 aliphatic carbocycles. The maximum atomic E-state index is 12.0. The summed E-state index contributed by atoms with van der Waals surface area (Å²) in [5, 5.41) is 0. The predicted octanol–water partition coefficient (Wildman–Crippen LogP) is 2.67. The number of carbonyl (C=O) groups is 2. The Hall–Kier alpha value is -2.36. The Morgan fingerprint density at radius 2 is 2.11 bits per heavy atom. The molecule has 0 bridgehead atoms. The van der Waals surface area contributed by atoms with Crippen molar-refractivity contribution < 1.29 is 14.3 Å². The highest BCUT2D eigenvalue weighted by atomic mass is 16.6. The fraction of sp³-hybridized carbons (Fsp3) is 0.200. The molecule has 98 valence electrons. The summed E-state index contributed by atoms with van der Waals surface area (Å²) < 4.78 is 5.21. The van der Waals surface area contributed by atoms with Crippen molar-refractivity contribution in [1.29, 1.82) is 0 Å². The van der Waals surface area contributed by atoms with Gasteiger partial charge in [-0.3, -0.25) is 9.69 Å².